The van der Waals surface area contributed by atoms with E-state index in [4.69, 9.17) is 9.97 Å². The summed E-state index contributed by atoms with van der Waals surface area (Å²) in [7, 11) is 0. The molecule has 2 aliphatic rings. The van der Waals surface area contributed by atoms with Gasteiger partial charge in [-0.3, -0.25) is 4.98 Å². The first-order valence-corrected chi connectivity index (χ1v) is 10.3. The van der Waals surface area contributed by atoms with Crippen molar-refractivity contribution in [2.75, 3.05) is 18.0 Å². The molecule has 0 unspecified atom stereocenters. The van der Waals surface area contributed by atoms with E-state index in [0.717, 1.165) is 54.3 Å². The van der Waals surface area contributed by atoms with E-state index in [0.29, 0.717) is 6.54 Å². The average Bonchev–Trinajstić information content (AvgIpc) is 3.06. The Balaban J connectivity index is 1.72. The number of thiophene rings is 1. The Morgan fingerprint density at radius 1 is 1.15 bits per heavy atom. The molecular formula is C20H22N4OS. The van der Waals surface area contributed by atoms with Gasteiger partial charge >= 0.3 is 0 Å². The van der Waals surface area contributed by atoms with Crippen molar-refractivity contribution in [3.8, 4) is 11.4 Å². The molecule has 26 heavy (non-hydrogen) atoms. The smallest absolute Gasteiger partial charge is 0.164 e. The van der Waals surface area contributed by atoms with Crippen molar-refractivity contribution >= 4 is 27.4 Å². The summed E-state index contributed by atoms with van der Waals surface area (Å²) in [6.45, 7) is 1.60. The second-order valence-electron chi connectivity index (χ2n) is 7.25. The highest BCUT2D eigenvalue weighted by Crippen LogP contribution is 2.41. The Bertz CT molecular complexity index is 940. The molecule has 1 saturated heterocycles. The van der Waals surface area contributed by atoms with Crippen molar-refractivity contribution in [1.82, 2.24) is 15.0 Å². The normalized spacial score (nSPS) is 20.3. The Morgan fingerprint density at radius 3 is 2.92 bits per heavy atom. The zero-order valence-corrected chi connectivity index (χ0v) is 15.5. The van der Waals surface area contributed by atoms with Crippen LogP contribution in [0.4, 0.5) is 5.82 Å². The number of aliphatic hydroxyl groups is 1. The lowest BCUT2D eigenvalue weighted by molar-refractivity contribution is 0.154. The van der Waals surface area contributed by atoms with Gasteiger partial charge in [0, 0.05) is 35.9 Å². The van der Waals surface area contributed by atoms with Crippen LogP contribution in [0.3, 0.4) is 0 Å². The number of rotatable bonds is 2. The fourth-order valence-corrected chi connectivity index (χ4v) is 5.39. The van der Waals surface area contributed by atoms with Gasteiger partial charge in [-0.1, -0.05) is 0 Å². The molecule has 0 spiro atoms. The molecular weight excluding hydrogens is 344 g/mol. The van der Waals surface area contributed by atoms with Gasteiger partial charge < -0.3 is 10.0 Å². The number of hydrogen-bond acceptors (Lipinski definition) is 6. The van der Waals surface area contributed by atoms with Crippen molar-refractivity contribution in [3.05, 3.63) is 35.0 Å². The van der Waals surface area contributed by atoms with Gasteiger partial charge in [0.25, 0.3) is 0 Å². The van der Waals surface area contributed by atoms with Gasteiger partial charge in [0.1, 0.15) is 10.6 Å². The zero-order valence-electron chi connectivity index (χ0n) is 14.7. The molecule has 3 aromatic heterocycles. The second kappa shape index (κ2) is 6.59. The van der Waals surface area contributed by atoms with E-state index in [1.165, 1.54) is 28.7 Å². The third-order valence-electron chi connectivity index (χ3n) is 5.41. The number of piperidine rings is 1. The number of pyridine rings is 1. The summed E-state index contributed by atoms with van der Waals surface area (Å²) < 4.78 is 0. The van der Waals surface area contributed by atoms with E-state index in [-0.39, 0.29) is 6.10 Å². The van der Waals surface area contributed by atoms with Crippen LogP contribution >= 0.6 is 11.3 Å². The van der Waals surface area contributed by atoms with Gasteiger partial charge in [-0.2, -0.15) is 0 Å². The lowest BCUT2D eigenvalue weighted by Gasteiger charge is -2.32. The molecule has 1 aliphatic heterocycles. The number of aromatic nitrogens is 3. The van der Waals surface area contributed by atoms with Crippen LogP contribution in [0.5, 0.6) is 0 Å². The molecule has 0 amide bonds. The van der Waals surface area contributed by atoms with Gasteiger partial charge in [-0.05, 0) is 56.2 Å². The van der Waals surface area contributed by atoms with Crippen LogP contribution < -0.4 is 4.90 Å². The fraction of sp³-hybridized carbons (Fsp3) is 0.450. The Hall–Kier alpha value is -2.05. The number of anilines is 1. The predicted molar refractivity (Wildman–Crippen MR) is 105 cm³/mol. The summed E-state index contributed by atoms with van der Waals surface area (Å²) in [5, 5.41) is 11.4. The number of aryl methyl sites for hydroxylation is 2. The third-order valence-corrected chi connectivity index (χ3v) is 6.60. The van der Waals surface area contributed by atoms with Crippen LogP contribution in [0.15, 0.2) is 24.5 Å². The first kappa shape index (κ1) is 16.1. The van der Waals surface area contributed by atoms with Crippen molar-refractivity contribution in [1.29, 1.82) is 0 Å². The molecule has 5 rings (SSSR count). The summed E-state index contributed by atoms with van der Waals surface area (Å²) >= 11 is 1.83. The van der Waals surface area contributed by atoms with Crippen LogP contribution in [0.25, 0.3) is 21.6 Å². The maximum Gasteiger partial charge on any atom is 0.164 e. The van der Waals surface area contributed by atoms with Crippen LogP contribution in [0.1, 0.15) is 36.1 Å². The lowest BCUT2D eigenvalue weighted by atomic mass is 9.96. The number of fused-ring (bicyclic) bond motifs is 3. The topological polar surface area (TPSA) is 62.1 Å². The minimum atomic E-state index is -0.273. The standard InChI is InChI=1S/C20H22N4OS/c25-14-6-4-10-24(12-14)19-17-15-7-1-2-8-16(15)26-20(17)23-18(22-19)13-5-3-9-21-11-13/h3,5,9,11,14,25H,1-2,4,6-8,10,12H2/t14-/m1/s1. The Morgan fingerprint density at radius 2 is 2.08 bits per heavy atom. The van der Waals surface area contributed by atoms with Crippen molar-refractivity contribution in [2.45, 2.75) is 44.6 Å². The van der Waals surface area contributed by atoms with Crippen LogP contribution in [-0.4, -0.2) is 39.3 Å². The zero-order chi connectivity index (χ0) is 17.5. The maximum atomic E-state index is 10.2. The first-order valence-electron chi connectivity index (χ1n) is 9.45. The van der Waals surface area contributed by atoms with Crippen LogP contribution in [-0.2, 0) is 12.8 Å². The third kappa shape index (κ3) is 2.77. The Labute approximate surface area is 156 Å². The molecule has 3 aromatic rings. The summed E-state index contributed by atoms with van der Waals surface area (Å²) in [6, 6.07) is 3.93. The van der Waals surface area contributed by atoms with E-state index in [1.54, 1.807) is 6.20 Å². The quantitative estimate of drug-likeness (QED) is 0.751. The summed E-state index contributed by atoms with van der Waals surface area (Å²) in [5.74, 6) is 1.74. The molecule has 5 nitrogen and oxygen atoms in total. The number of β-amino-alcohol motifs (C(OH)–C–C–N with tert-alkyl or cyclic N) is 1. The highest BCUT2D eigenvalue weighted by atomic mass is 32.1. The van der Waals surface area contributed by atoms with E-state index >= 15 is 0 Å². The average molecular weight is 366 g/mol. The molecule has 0 bridgehead atoms. The molecule has 6 heteroatoms. The van der Waals surface area contributed by atoms with E-state index in [1.807, 2.05) is 29.7 Å². The summed E-state index contributed by atoms with van der Waals surface area (Å²) in [4.78, 5) is 18.9. The van der Waals surface area contributed by atoms with Crippen molar-refractivity contribution in [2.24, 2.45) is 0 Å². The van der Waals surface area contributed by atoms with Crippen molar-refractivity contribution in [3.63, 3.8) is 0 Å². The van der Waals surface area contributed by atoms with Gasteiger partial charge in [0.2, 0.25) is 0 Å². The molecule has 1 aliphatic carbocycles. The molecule has 0 radical (unpaired) electrons. The summed E-state index contributed by atoms with van der Waals surface area (Å²) in [6.07, 6.45) is 9.98. The van der Waals surface area contributed by atoms with Crippen LogP contribution in [0, 0.1) is 0 Å². The van der Waals surface area contributed by atoms with Crippen LogP contribution in [0.2, 0.25) is 0 Å². The fourth-order valence-electron chi connectivity index (χ4n) is 4.14. The minimum absolute atomic E-state index is 0.273. The largest absolute Gasteiger partial charge is 0.391 e. The van der Waals surface area contributed by atoms with Gasteiger partial charge in [0.05, 0.1) is 11.5 Å². The Kier molecular flexibility index (Phi) is 4.10. The number of nitrogens with zero attached hydrogens (tertiary/aromatic N) is 4. The molecule has 1 atom stereocenters. The molecule has 1 fully saturated rings. The first-order chi connectivity index (χ1) is 12.8. The van der Waals surface area contributed by atoms with Gasteiger partial charge in [-0.25, -0.2) is 9.97 Å². The highest BCUT2D eigenvalue weighted by molar-refractivity contribution is 7.19. The molecule has 0 saturated carbocycles. The molecule has 1 N–H and O–H groups in total. The maximum absolute atomic E-state index is 10.2. The predicted octanol–water partition coefficient (Wildman–Crippen LogP) is 3.59. The van der Waals surface area contributed by atoms with Gasteiger partial charge in [-0.15, -0.1) is 11.3 Å². The molecule has 0 aromatic carbocycles. The highest BCUT2D eigenvalue weighted by Gasteiger charge is 2.26. The number of aliphatic hydroxyl groups excluding tert-OH is 1. The second-order valence-corrected chi connectivity index (χ2v) is 8.33. The van der Waals surface area contributed by atoms with E-state index in [9.17, 15) is 5.11 Å². The van der Waals surface area contributed by atoms with E-state index < -0.39 is 0 Å². The van der Waals surface area contributed by atoms with Gasteiger partial charge in [0.15, 0.2) is 5.82 Å². The minimum Gasteiger partial charge on any atom is -0.391 e. The van der Waals surface area contributed by atoms with E-state index in [2.05, 4.69) is 9.88 Å². The molecule has 4 heterocycles. The SMILES string of the molecule is O[C@@H]1CCCN(c2nc(-c3cccnc3)nc3sc4c(c23)CCCC4)C1. The lowest BCUT2D eigenvalue weighted by Crippen LogP contribution is -2.39. The monoisotopic (exact) mass is 366 g/mol. The molecule has 134 valence electrons. The number of hydrogen-bond donors (Lipinski definition) is 1. The summed E-state index contributed by atoms with van der Waals surface area (Å²) in [5.41, 5.74) is 2.39. The van der Waals surface area contributed by atoms with Crippen molar-refractivity contribution < 1.29 is 5.11 Å².